The van der Waals surface area contributed by atoms with E-state index in [9.17, 15) is 9.59 Å². The lowest BCUT2D eigenvalue weighted by molar-refractivity contribution is -0.116. The molecule has 3 aromatic rings. The fraction of sp³-hybridized carbons (Fsp3) is 0.150. The minimum absolute atomic E-state index is 0.106. The first-order chi connectivity index (χ1) is 13.5. The minimum Gasteiger partial charge on any atom is -0.495 e. The largest absolute Gasteiger partial charge is 0.495 e. The van der Waals surface area contributed by atoms with Crippen molar-refractivity contribution >= 4 is 46.1 Å². The molecule has 0 radical (unpaired) electrons. The van der Waals surface area contributed by atoms with Gasteiger partial charge in [-0.1, -0.05) is 29.8 Å². The maximum atomic E-state index is 12.5. The zero-order valence-corrected chi connectivity index (χ0v) is 16.9. The maximum absolute atomic E-state index is 12.5. The van der Waals surface area contributed by atoms with Gasteiger partial charge in [-0.25, -0.2) is 4.98 Å². The van der Waals surface area contributed by atoms with Gasteiger partial charge in [0.15, 0.2) is 0 Å². The Morgan fingerprint density at radius 2 is 1.96 bits per heavy atom. The number of nitrogens with one attached hydrogen (secondary N) is 2. The van der Waals surface area contributed by atoms with Gasteiger partial charge in [-0.05, 0) is 24.3 Å². The molecular weight excluding hydrogens is 398 g/mol. The summed E-state index contributed by atoms with van der Waals surface area (Å²) in [5, 5.41) is 8.70. The van der Waals surface area contributed by atoms with Gasteiger partial charge in [-0.15, -0.1) is 11.3 Å². The first kappa shape index (κ1) is 19.9. The lowest BCUT2D eigenvalue weighted by atomic mass is 10.2. The molecule has 28 heavy (non-hydrogen) atoms. The lowest BCUT2D eigenvalue weighted by Crippen LogP contribution is -2.15. The van der Waals surface area contributed by atoms with Crippen molar-refractivity contribution < 1.29 is 14.3 Å². The first-order valence-electron chi connectivity index (χ1n) is 8.41. The molecule has 0 bridgehead atoms. The van der Waals surface area contributed by atoms with Crippen LogP contribution in [0.5, 0.6) is 5.75 Å². The molecule has 0 spiro atoms. The van der Waals surface area contributed by atoms with Crippen molar-refractivity contribution in [2.45, 2.75) is 13.3 Å². The molecule has 2 N–H and O–H groups in total. The number of anilines is 2. The SMILES string of the molecule is COc1ccc(NC(C)=O)cc1NC(=O)Cc1csc(-c2ccccc2Cl)n1. The molecule has 144 valence electrons. The second-order valence-corrected chi connectivity index (χ2v) is 7.21. The molecule has 1 heterocycles. The fourth-order valence-corrected chi connectivity index (χ4v) is 3.73. The van der Waals surface area contributed by atoms with E-state index in [-0.39, 0.29) is 18.2 Å². The summed E-state index contributed by atoms with van der Waals surface area (Å²) in [5.41, 5.74) is 2.53. The number of ether oxygens (including phenoxy) is 1. The van der Waals surface area contributed by atoms with Crippen molar-refractivity contribution in [2.75, 3.05) is 17.7 Å². The Labute approximate surface area is 171 Å². The summed E-state index contributed by atoms with van der Waals surface area (Å²) < 4.78 is 5.28. The van der Waals surface area contributed by atoms with Crippen LogP contribution in [0.15, 0.2) is 47.8 Å². The molecule has 2 aromatic carbocycles. The molecule has 0 aliphatic heterocycles. The van der Waals surface area contributed by atoms with Gasteiger partial charge in [0, 0.05) is 23.6 Å². The van der Waals surface area contributed by atoms with Crippen molar-refractivity contribution in [1.82, 2.24) is 4.98 Å². The Kier molecular flexibility index (Phi) is 6.28. The van der Waals surface area contributed by atoms with E-state index in [0.717, 1.165) is 10.6 Å². The van der Waals surface area contributed by atoms with Crippen LogP contribution in [0.1, 0.15) is 12.6 Å². The van der Waals surface area contributed by atoms with Gasteiger partial charge in [0.05, 0.1) is 29.9 Å². The molecule has 0 aliphatic carbocycles. The zero-order valence-electron chi connectivity index (χ0n) is 15.3. The lowest BCUT2D eigenvalue weighted by Gasteiger charge is -2.12. The van der Waals surface area contributed by atoms with Gasteiger partial charge in [0.25, 0.3) is 0 Å². The van der Waals surface area contributed by atoms with Crippen LogP contribution in [0.4, 0.5) is 11.4 Å². The number of hydrogen-bond donors (Lipinski definition) is 2. The predicted molar refractivity (Wildman–Crippen MR) is 112 cm³/mol. The van der Waals surface area contributed by atoms with E-state index >= 15 is 0 Å². The van der Waals surface area contributed by atoms with E-state index in [1.54, 1.807) is 24.3 Å². The Morgan fingerprint density at radius 3 is 2.68 bits per heavy atom. The van der Waals surface area contributed by atoms with Gasteiger partial charge in [-0.3, -0.25) is 9.59 Å². The van der Waals surface area contributed by atoms with E-state index in [1.807, 2.05) is 23.6 Å². The predicted octanol–water partition coefficient (Wildman–Crippen LogP) is 4.61. The third-order valence-electron chi connectivity index (χ3n) is 3.79. The topological polar surface area (TPSA) is 80.3 Å². The van der Waals surface area contributed by atoms with Crippen molar-refractivity contribution in [3.8, 4) is 16.3 Å². The maximum Gasteiger partial charge on any atom is 0.230 e. The number of carbonyl (C=O) groups is 2. The Balaban J connectivity index is 1.72. The molecule has 2 amide bonds. The number of hydrogen-bond acceptors (Lipinski definition) is 5. The number of halogens is 1. The molecule has 0 fully saturated rings. The molecule has 0 saturated carbocycles. The Hall–Kier alpha value is -2.90. The van der Waals surface area contributed by atoms with Crippen LogP contribution in [-0.2, 0) is 16.0 Å². The summed E-state index contributed by atoms with van der Waals surface area (Å²) in [6.45, 7) is 1.42. The van der Waals surface area contributed by atoms with Gasteiger partial charge in [-0.2, -0.15) is 0 Å². The Bertz CT molecular complexity index is 1020. The second kappa shape index (κ2) is 8.86. The van der Waals surface area contributed by atoms with E-state index < -0.39 is 0 Å². The number of amides is 2. The highest BCUT2D eigenvalue weighted by molar-refractivity contribution is 7.13. The van der Waals surface area contributed by atoms with E-state index in [1.165, 1.54) is 25.4 Å². The number of benzene rings is 2. The molecule has 0 atom stereocenters. The summed E-state index contributed by atoms with van der Waals surface area (Å²) in [6.07, 6.45) is 0.106. The van der Waals surface area contributed by atoms with Crippen LogP contribution in [0.25, 0.3) is 10.6 Å². The summed E-state index contributed by atoms with van der Waals surface area (Å²) >= 11 is 7.64. The molecule has 0 aliphatic rings. The van der Waals surface area contributed by atoms with Crippen molar-refractivity contribution in [3.63, 3.8) is 0 Å². The van der Waals surface area contributed by atoms with Crippen LogP contribution in [0.2, 0.25) is 5.02 Å². The highest BCUT2D eigenvalue weighted by Gasteiger charge is 2.13. The fourth-order valence-electron chi connectivity index (χ4n) is 2.59. The number of methoxy groups -OCH3 is 1. The number of thiazole rings is 1. The number of rotatable bonds is 6. The summed E-state index contributed by atoms with van der Waals surface area (Å²) in [4.78, 5) is 28.2. The number of nitrogens with zero attached hydrogens (tertiary/aromatic N) is 1. The standard InChI is InChI=1S/C20H18ClN3O3S/c1-12(25)22-13-7-8-18(27-2)17(9-13)24-19(26)10-14-11-28-20(23-14)15-5-3-4-6-16(15)21/h3-9,11H,10H2,1-2H3,(H,22,25)(H,24,26). The molecule has 8 heteroatoms. The van der Waals surface area contributed by atoms with Crippen molar-refractivity contribution in [1.29, 1.82) is 0 Å². The highest BCUT2D eigenvalue weighted by atomic mass is 35.5. The minimum atomic E-state index is -0.241. The van der Waals surface area contributed by atoms with Crippen LogP contribution in [0.3, 0.4) is 0 Å². The Morgan fingerprint density at radius 1 is 1.18 bits per heavy atom. The molecule has 6 nitrogen and oxygen atoms in total. The van der Waals surface area contributed by atoms with E-state index in [4.69, 9.17) is 16.3 Å². The summed E-state index contributed by atoms with van der Waals surface area (Å²) in [7, 11) is 1.51. The van der Waals surface area contributed by atoms with Crippen molar-refractivity contribution in [2.24, 2.45) is 0 Å². The normalized spacial score (nSPS) is 10.4. The molecule has 1 aromatic heterocycles. The quantitative estimate of drug-likeness (QED) is 0.616. The van der Waals surface area contributed by atoms with Gasteiger partial charge in [0.2, 0.25) is 11.8 Å². The average Bonchev–Trinajstić information content (AvgIpc) is 3.10. The first-order valence-corrected chi connectivity index (χ1v) is 9.67. The molecular formula is C20H18ClN3O3S. The van der Waals surface area contributed by atoms with Gasteiger partial charge < -0.3 is 15.4 Å². The number of aromatic nitrogens is 1. The average molecular weight is 416 g/mol. The number of carbonyl (C=O) groups excluding carboxylic acids is 2. The summed E-state index contributed by atoms with van der Waals surface area (Å²) in [5.74, 6) is 0.0591. The molecule has 0 saturated heterocycles. The second-order valence-electron chi connectivity index (χ2n) is 5.95. The van der Waals surface area contributed by atoms with Crippen LogP contribution in [0, 0.1) is 0 Å². The van der Waals surface area contributed by atoms with E-state index in [2.05, 4.69) is 15.6 Å². The third-order valence-corrected chi connectivity index (χ3v) is 5.05. The van der Waals surface area contributed by atoms with Crippen molar-refractivity contribution in [3.05, 3.63) is 58.6 Å². The highest BCUT2D eigenvalue weighted by Crippen LogP contribution is 2.31. The summed E-state index contributed by atoms with van der Waals surface area (Å²) in [6, 6.07) is 12.5. The van der Waals surface area contributed by atoms with Crippen LogP contribution in [-0.4, -0.2) is 23.9 Å². The van der Waals surface area contributed by atoms with Gasteiger partial charge in [0.1, 0.15) is 10.8 Å². The third kappa shape index (κ3) is 4.88. The van der Waals surface area contributed by atoms with Gasteiger partial charge >= 0.3 is 0 Å². The van der Waals surface area contributed by atoms with Crippen LogP contribution < -0.4 is 15.4 Å². The zero-order chi connectivity index (χ0) is 20.1. The van der Waals surface area contributed by atoms with E-state index in [0.29, 0.717) is 27.8 Å². The molecule has 0 unspecified atom stereocenters. The van der Waals surface area contributed by atoms with Crippen LogP contribution >= 0.6 is 22.9 Å². The monoisotopic (exact) mass is 415 g/mol. The molecule has 3 rings (SSSR count). The smallest absolute Gasteiger partial charge is 0.230 e.